The first kappa shape index (κ1) is 21.1. The summed E-state index contributed by atoms with van der Waals surface area (Å²) in [7, 11) is 0. The van der Waals surface area contributed by atoms with Crippen LogP contribution in [0.4, 0.5) is 0 Å². The van der Waals surface area contributed by atoms with Crippen molar-refractivity contribution in [2.75, 3.05) is 19.6 Å². The highest BCUT2D eigenvalue weighted by molar-refractivity contribution is 9.10. The van der Waals surface area contributed by atoms with Gasteiger partial charge in [0.15, 0.2) is 0 Å². The van der Waals surface area contributed by atoms with Crippen molar-refractivity contribution < 1.29 is 14.4 Å². The van der Waals surface area contributed by atoms with Gasteiger partial charge in [0.25, 0.3) is 5.91 Å². The molecule has 3 heterocycles. The summed E-state index contributed by atoms with van der Waals surface area (Å²) in [5.41, 5.74) is 1.31. The van der Waals surface area contributed by atoms with Gasteiger partial charge >= 0.3 is 0 Å². The molecule has 1 fully saturated rings. The van der Waals surface area contributed by atoms with Crippen molar-refractivity contribution in [3.63, 3.8) is 0 Å². The molecule has 0 spiro atoms. The summed E-state index contributed by atoms with van der Waals surface area (Å²) in [5, 5.41) is 10.7. The lowest BCUT2D eigenvalue weighted by Crippen LogP contribution is -2.60. The van der Waals surface area contributed by atoms with Gasteiger partial charge in [-0.1, -0.05) is 15.9 Å². The summed E-state index contributed by atoms with van der Waals surface area (Å²) in [4.78, 5) is 38.3. The first-order chi connectivity index (χ1) is 14.9. The zero-order valence-corrected chi connectivity index (χ0v) is 18.6. The molecular weight excluding hydrogens is 464 g/mol. The minimum atomic E-state index is -0.203. The van der Waals surface area contributed by atoms with E-state index in [0.29, 0.717) is 31.7 Å². The van der Waals surface area contributed by atoms with Crippen molar-refractivity contribution in [3.8, 4) is 0 Å². The van der Waals surface area contributed by atoms with Crippen LogP contribution in [0.25, 0.3) is 10.9 Å². The van der Waals surface area contributed by atoms with Crippen LogP contribution < -0.4 is 10.6 Å². The van der Waals surface area contributed by atoms with Crippen molar-refractivity contribution in [1.29, 1.82) is 0 Å². The molecular formula is C21H23BrN6O3. The van der Waals surface area contributed by atoms with E-state index in [4.69, 9.17) is 0 Å². The van der Waals surface area contributed by atoms with E-state index in [1.54, 1.807) is 26.5 Å². The second-order valence-electron chi connectivity index (χ2n) is 7.55. The molecule has 0 saturated carbocycles. The summed E-state index contributed by atoms with van der Waals surface area (Å²) in [6.07, 6.45) is 5.24. The van der Waals surface area contributed by atoms with Crippen LogP contribution in [-0.4, -0.2) is 62.6 Å². The van der Waals surface area contributed by atoms with Crippen LogP contribution in [0.1, 0.15) is 17.3 Å². The number of amides is 3. The van der Waals surface area contributed by atoms with Crippen LogP contribution in [0.5, 0.6) is 0 Å². The molecule has 0 bridgehead atoms. The van der Waals surface area contributed by atoms with E-state index in [0.717, 1.165) is 15.4 Å². The number of rotatable bonds is 7. The van der Waals surface area contributed by atoms with Gasteiger partial charge in [-0.15, -0.1) is 0 Å². The molecule has 2 aromatic heterocycles. The number of carbonyl (C=O) groups excluding carboxylic acids is 3. The molecule has 1 saturated heterocycles. The van der Waals surface area contributed by atoms with E-state index in [9.17, 15) is 14.4 Å². The van der Waals surface area contributed by atoms with E-state index < -0.39 is 0 Å². The van der Waals surface area contributed by atoms with Crippen LogP contribution in [0.3, 0.4) is 0 Å². The molecule has 9 nitrogen and oxygen atoms in total. The summed E-state index contributed by atoms with van der Waals surface area (Å²) in [6, 6.07) is 7.44. The zero-order chi connectivity index (χ0) is 22.0. The third kappa shape index (κ3) is 4.79. The predicted molar refractivity (Wildman–Crippen MR) is 118 cm³/mol. The molecule has 31 heavy (non-hydrogen) atoms. The maximum absolute atomic E-state index is 12.8. The van der Waals surface area contributed by atoms with Crippen LogP contribution in [-0.2, 0) is 22.7 Å². The molecule has 3 amide bonds. The van der Waals surface area contributed by atoms with Crippen molar-refractivity contribution in [3.05, 3.63) is 52.9 Å². The molecule has 1 aromatic carbocycles. The number of hydrogen-bond donors (Lipinski definition) is 2. The van der Waals surface area contributed by atoms with Gasteiger partial charge < -0.3 is 20.1 Å². The fourth-order valence-corrected chi connectivity index (χ4v) is 4.01. The van der Waals surface area contributed by atoms with E-state index in [2.05, 4.69) is 31.7 Å². The van der Waals surface area contributed by atoms with Gasteiger partial charge in [-0.25, -0.2) is 0 Å². The van der Waals surface area contributed by atoms with Gasteiger partial charge in [0.1, 0.15) is 6.54 Å². The number of carbonyl (C=O) groups is 3. The van der Waals surface area contributed by atoms with Crippen LogP contribution >= 0.6 is 15.9 Å². The number of nitrogens with one attached hydrogen (secondary N) is 2. The normalized spacial score (nSPS) is 13.8. The van der Waals surface area contributed by atoms with E-state index >= 15 is 0 Å². The molecule has 0 unspecified atom stereocenters. The number of likely N-dealkylation sites (tertiary alicyclic amines) is 1. The Morgan fingerprint density at radius 1 is 1.26 bits per heavy atom. The van der Waals surface area contributed by atoms with Gasteiger partial charge in [-0.3, -0.25) is 19.1 Å². The highest BCUT2D eigenvalue weighted by Gasteiger charge is 2.29. The maximum Gasteiger partial charge on any atom is 0.253 e. The zero-order valence-electron chi connectivity index (χ0n) is 17.0. The largest absolute Gasteiger partial charge is 0.350 e. The Bertz CT molecular complexity index is 1120. The lowest BCUT2D eigenvalue weighted by atomic mass is 10.1. The molecule has 10 heteroatoms. The summed E-state index contributed by atoms with van der Waals surface area (Å²) in [6.45, 7) is 3.69. The molecule has 2 N–H and O–H groups in total. The van der Waals surface area contributed by atoms with Gasteiger partial charge in [0.05, 0.1) is 18.2 Å². The Morgan fingerprint density at radius 3 is 2.77 bits per heavy atom. The maximum atomic E-state index is 12.8. The smallest absolute Gasteiger partial charge is 0.253 e. The van der Waals surface area contributed by atoms with E-state index in [1.807, 2.05) is 30.5 Å². The minimum Gasteiger partial charge on any atom is -0.350 e. The van der Waals surface area contributed by atoms with Gasteiger partial charge in [-0.05, 0) is 24.3 Å². The SMILES string of the molecule is CC(=O)N1CC(NC(=O)Cn2cc(C(=O)NCCn3cccn3)c3cc(Br)ccc32)C1. The molecule has 162 valence electrons. The Kier molecular flexibility index (Phi) is 6.08. The highest BCUT2D eigenvalue weighted by atomic mass is 79.9. The Labute approximate surface area is 187 Å². The number of aromatic nitrogens is 3. The number of benzene rings is 1. The molecule has 0 radical (unpaired) electrons. The molecule has 1 aliphatic rings. The van der Waals surface area contributed by atoms with Gasteiger partial charge in [0.2, 0.25) is 11.8 Å². The minimum absolute atomic E-state index is 0.00990. The average Bonchev–Trinajstić information content (AvgIpc) is 3.32. The third-order valence-corrected chi connectivity index (χ3v) is 5.77. The Balaban J connectivity index is 1.44. The van der Waals surface area contributed by atoms with Gasteiger partial charge in [0, 0.05) is 60.5 Å². The van der Waals surface area contributed by atoms with Crippen LogP contribution in [0.15, 0.2) is 47.3 Å². The van der Waals surface area contributed by atoms with Crippen molar-refractivity contribution in [2.24, 2.45) is 0 Å². The lowest BCUT2D eigenvalue weighted by molar-refractivity contribution is -0.136. The quantitative estimate of drug-likeness (QED) is 0.526. The predicted octanol–water partition coefficient (Wildman–Crippen LogP) is 1.38. The van der Waals surface area contributed by atoms with Crippen LogP contribution in [0.2, 0.25) is 0 Å². The number of hydrogen-bond acceptors (Lipinski definition) is 4. The third-order valence-electron chi connectivity index (χ3n) is 5.28. The topological polar surface area (TPSA) is 101 Å². The molecule has 0 aliphatic carbocycles. The average molecular weight is 487 g/mol. The molecule has 1 aliphatic heterocycles. The fraction of sp³-hybridized carbons (Fsp3) is 0.333. The number of halogens is 1. The first-order valence-corrected chi connectivity index (χ1v) is 10.8. The summed E-state index contributed by atoms with van der Waals surface area (Å²) >= 11 is 3.46. The Morgan fingerprint density at radius 2 is 2.06 bits per heavy atom. The van der Waals surface area contributed by atoms with Gasteiger partial charge in [-0.2, -0.15) is 5.10 Å². The van der Waals surface area contributed by atoms with Crippen molar-refractivity contribution in [1.82, 2.24) is 29.9 Å². The molecule has 0 atom stereocenters. The number of nitrogens with zero attached hydrogens (tertiary/aromatic N) is 4. The Hall–Kier alpha value is -3.14. The standard InChI is InChI=1S/C21H23BrN6O3/c1-14(29)26-10-16(11-26)25-20(30)13-27-12-18(17-9-15(22)3-4-19(17)27)21(31)23-6-8-28-7-2-5-24-28/h2-5,7,9,12,16H,6,8,10-11,13H2,1H3,(H,23,31)(H,25,30). The van der Waals surface area contributed by atoms with Crippen LogP contribution in [0, 0.1) is 0 Å². The lowest BCUT2D eigenvalue weighted by Gasteiger charge is -2.38. The second kappa shape index (κ2) is 8.93. The number of fused-ring (bicyclic) bond motifs is 1. The van der Waals surface area contributed by atoms with Crippen molar-refractivity contribution >= 4 is 44.6 Å². The van der Waals surface area contributed by atoms with Crippen molar-refractivity contribution in [2.45, 2.75) is 26.1 Å². The monoisotopic (exact) mass is 486 g/mol. The van der Waals surface area contributed by atoms with E-state index in [1.165, 1.54) is 6.92 Å². The van der Waals surface area contributed by atoms with E-state index in [-0.39, 0.29) is 30.3 Å². The fourth-order valence-electron chi connectivity index (χ4n) is 3.65. The molecule has 4 rings (SSSR count). The first-order valence-electron chi connectivity index (χ1n) is 9.99. The molecule has 3 aromatic rings. The second-order valence-corrected chi connectivity index (χ2v) is 8.46. The highest BCUT2D eigenvalue weighted by Crippen LogP contribution is 2.25. The summed E-state index contributed by atoms with van der Waals surface area (Å²) in [5.74, 6) is -0.347. The summed E-state index contributed by atoms with van der Waals surface area (Å²) < 4.78 is 4.38.